The van der Waals surface area contributed by atoms with Crippen LogP contribution in [-0.2, 0) is 0 Å². The van der Waals surface area contributed by atoms with Crippen LogP contribution >= 0.6 is 0 Å². The number of carboxylic acids is 1. The lowest BCUT2D eigenvalue weighted by Crippen LogP contribution is -2.37. The molecule has 0 saturated carbocycles. The predicted octanol–water partition coefficient (Wildman–Crippen LogP) is 7.55. The fourth-order valence-electron chi connectivity index (χ4n) is 5.02. The van der Waals surface area contributed by atoms with E-state index >= 15 is 0 Å². The summed E-state index contributed by atoms with van der Waals surface area (Å²) < 4.78 is 20.8. The molecule has 1 aliphatic rings. The molecular weight excluding hydrogens is 441 g/mol. The molecular formula is C30H28FNO3. The number of benzene rings is 4. The van der Waals surface area contributed by atoms with E-state index < -0.39 is 11.8 Å². The fourth-order valence-corrected chi connectivity index (χ4v) is 5.02. The van der Waals surface area contributed by atoms with Gasteiger partial charge < -0.3 is 14.7 Å². The second-order valence-corrected chi connectivity index (χ2v) is 9.19. The third-order valence-electron chi connectivity index (χ3n) is 6.83. The predicted molar refractivity (Wildman–Crippen MR) is 137 cm³/mol. The molecule has 0 amide bonds. The number of ether oxygens (including phenoxy) is 1. The number of para-hydroxylation sites is 1. The highest BCUT2D eigenvalue weighted by Crippen LogP contribution is 2.41. The van der Waals surface area contributed by atoms with E-state index in [1.54, 1.807) is 24.3 Å². The second-order valence-electron chi connectivity index (χ2n) is 9.19. The monoisotopic (exact) mass is 469 g/mol. The second kappa shape index (κ2) is 9.79. The summed E-state index contributed by atoms with van der Waals surface area (Å²) >= 11 is 0. The van der Waals surface area contributed by atoms with E-state index in [1.807, 2.05) is 17.0 Å². The van der Waals surface area contributed by atoms with Gasteiger partial charge in [0.15, 0.2) is 11.6 Å². The number of halogens is 1. The Morgan fingerprint density at radius 1 is 1.06 bits per heavy atom. The Hall–Kier alpha value is -3.86. The number of aromatic carboxylic acids is 1. The maximum atomic E-state index is 14.7. The zero-order chi connectivity index (χ0) is 24.4. The van der Waals surface area contributed by atoms with Gasteiger partial charge in [-0.3, -0.25) is 0 Å². The molecule has 0 fully saturated rings. The van der Waals surface area contributed by atoms with E-state index in [2.05, 4.69) is 49.4 Å². The zero-order valence-corrected chi connectivity index (χ0v) is 19.7. The van der Waals surface area contributed by atoms with Crippen molar-refractivity contribution in [2.45, 2.75) is 38.2 Å². The molecule has 1 N–H and O–H groups in total. The van der Waals surface area contributed by atoms with Crippen molar-refractivity contribution in [1.82, 2.24) is 0 Å². The van der Waals surface area contributed by atoms with Crippen molar-refractivity contribution >= 4 is 28.1 Å². The summed E-state index contributed by atoms with van der Waals surface area (Å²) in [6, 6.07) is 26.5. The minimum Gasteiger partial charge on any atom is -0.483 e. The molecule has 0 aromatic heterocycles. The third kappa shape index (κ3) is 4.72. The first kappa shape index (κ1) is 22.9. The Morgan fingerprint density at radius 3 is 2.69 bits per heavy atom. The standard InChI is InChI=1S/C30H28FNO3/c1-20(25-15-6-10-21-9-2-3-14-26(21)25)8-4-13-24-19-32(23-12-5-11-22(18-23)30(33)34)28-17-7-16-27(31)29(28)35-24/h2-3,5-7,9-12,14-18,20,24H,4,8,13,19H2,1H3,(H,33,34)/t20-,24?/m0/s1. The first-order chi connectivity index (χ1) is 17.0. The van der Waals surface area contributed by atoms with Gasteiger partial charge >= 0.3 is 5.97 Å². The van der Waals surface area contributed by atoms with Crippen LogP contribution in [0.3, 0.4) is 0 Å². The number of fused-ring (bicyclic) bond motifs is 2. The van der Waals surface area contributed by atoms with Gasteiger partial charge in [0.25, 0.3) is 0 Å². The van der Waals surface area contributed by atoms with Crippen molar-refractivity contribution in [2.75, 3.05) is 11.4 Å². The normalized spacial score (nSPS) is 15.9. The summed E-state index contributed by atoms with van der Waals surface area (Å²) in [5.74, 6) is -0.780. The van der Waals surface area contributed by atoms with Gasteiger partial charge in [0, 0.05) is 5.69 Å². The molecule has 1 aliphatic heterocycles. The number of hydrogen-bond acceptors (Lipinski definition) is 3. The summed E-state index contributed by atoms with van der Waals surface area (Å²) in [4.78, 5) is 13.5. The van der Waals surface area contributed by atoms with Crippen LogP contribution in [0.15, 0.2) is 84.9 Å². The number of nitrogens with zero attached hydrogens (tertiary/aromatic N) is 1. The molecule has 5 rings (SSSR count). The van der Waals surface area contributed by atoms with Crippen LogP contribution in [0.5, 0.6) is 5.75 Å². The van der Waals surface area contributed by atoms with E-state index in [-0.39, 0.29) is 17.4 Å². The van der Waals surface area contributed by atoms with E-state index in [1.165, 1.54) is 22.4 Å². The summed E-state index contributed by atoms with van der Waals surface area (Å²) in [6.45, 7) is 2.78. The molecule has 5 heteroatoms. The van der Waals surface area contributed by atoms with Crippen LogP contribution in [-0.4, -0.2) is 23.7 Å². The Kier molecular flexibility index (Phi) is 6.41. The van der Waals surface area contributed by atoms with Crippen LogP contribution in [0.25, 0.3) is 10.8 Å². The van der Waals surface area contributed by atoms with Gasteiger partial charge in [0.2, 0.25) is 0 Å². The summed E-state index contributed by atoms with van der Waals surface area (Å²) in [6.07, 6.45) is 2.50. The van der Waals surface area contributed by atoms with Crippen molar-refractivity contribution < 1.29 is 19.0 Å². The largest absolute Gasteiger partial charge is 0.483 e. The molecule has 0 bridgehead atoms. The van der Waals surface area contributed by atoms with E-state index in [4.69, 9.17) is 4.74 Å². The van der Waals surface area contributed by atoms with Gasteiger partial charge in [0.1, 0.15) is 6.10 Å². The van der Waals surface area contributed by atoms with Gasteiger partial charge in [-0.25, -0.2) is 9.18 Å². The number of anilines is 2. The van der Waals surface area contributed by atoms with Gasteiger partial charge in [-0.15, -0.1) is 0 Å². The number of hydrogen-bond donors (Lipinski definition) is 1. The Balaban J connectivity index is 1.33. The number of rotatable bonds is 7. The minimum atomic E-state index is -0.987. The topological polar surface area (TPSA) is 49.8 Å². The van der Waals surface area contributed by atoms with E-state index in [0.717, 1.165) is 19.3 Å². The maximum absolute atomic E-state index is 14.7. The molecule has 1 heterocycles. The van der Waals surface area contributed by atoms with Crippen molar-refractivity contribution in [3.05, 3.63) is 102 Å². The first-order valence-electron chi connectivity index (χ1n) is 12.0. The van der Waals surface area contributed by atoms with Gasteiger partial charge in [-0.2, -0.15) is 0 Å². The molecule has 1 unspecified atom stereocenters. The fraction of sp³-hybridized carbons (Fsp3) is 0.233. The minimum absolute atomic E-state index is 0.201. The van der Waals surface area contributed by atoms with Crippen LogP contribution in [0, 0.1) is 5.82 Å². The lowest BCUT2D eigenvalue weighted by atomic mass is 9.90. The molecule has 2 atom stereocenters. The van der Waals surface area contributed by atoms with Crippen molar-refractivity contribution in [3.8, 4) is 5.75 Å². The van der Waals surface area contributed by atoms with Crippen molar-refractivity contribution in [2.24, 2.45) is 0 Å². The lowest BCUT2D eigenvalue weighted by Gasteiger charge is -2.36. The molecule has 0 spiro atoms. The van der Waals surface area contributed by atoms with E-state index in [9.17, 15) is 14.3 Å². The quantitative estimate of drug-likeness (QED) is 0.304. The zero-order valence-electron chi connectivity index (χ0n) is 19.7. The lowest BCUT2D eigenvalue weighted by molar-refractivity contribution is 0.0697. The molecule has 4 nitrogen and oxygen atoms in total. The Bertz CT molecular complexity index is 1360. The molecule has 4 aromatic rings. The molecule has 4 aromatic carbocycles. The molecule has 35 heavy (non-hydrogen) atoms. The average Bonchev–Trinajstić information content (AvgIpc) is 2.88. The summed E-state index contributed by atoms with van der Waals surface area (Å²) in [5.41, 5.74) is 2.88. The van der Waals surface area contributed by atoms with Gasteiger partial charge in [0.05, 0.1) is 17.8 Å². The molecule has 0 saturated heterocycles. The van der Waals surface area contributed by atoms with E-state index in [0.29, 0.717) is 23.8 Å². The smallest absolute Gasteiger partial charge is 0.335 e. The molecule has 178 valence electrons. The van der Waals surface area contributed by atoms with Gasteiger partial charge in [-0.1, -0.05) is 61.5 Å². The summed E-state index contributed by atoms with van der Waals surface area (Å²) in [5, 5.41) is 12.0. The Labute approximate surface area is 204 Å². The average molecular weight is 470 g/mol. The molecule has 0 radical (unpaired) electrons. The number of carbonyl (C=O) groups is 1. The van der Waals surface area contributed by atoms with Crippen LogP contribution in [0.1, 0.15) is 48.0 Å². The van der Waals surface area contributed by atoms with Crippen LogP contribution < -0.4 is 9.64 Å². The number of carboxylic acid groups (broad SMARTS) is 1. The van der Waals surface area contributed by atoms with Gasteiger partial charge in [-0.05, 0) is 71.8 Å². The highest BCUT2D eigenvalue weighted by Gasteiger charge is 2.29. The highest BCUT2D eigenvalue weighted by atomic mass is 19.1. The highest BCUT2D eigenvalue weighted by molar-refractivity contribution is 5.89. The maximum Gasteiger partial charge on any atom is 0.335 e. The first-order valence-corrected chi connectivity index (χ1v) is 12.0. The summed E-state index contributed by atoms with van der Waals surface area (Å²) in [7, 11) is 0. The molecule has 0 aliphatic carbocycles. The Morgan fingerprint density at radius 2 is 1.83 bits per heavy atom. The van der Waals surface area contributed by atoms with Crippen molar-refractivity contribution in [1.29, 1.82) is 0 Å². The third-order valence-corrected chi connectivity index (χ3v) is 6.83. The van der Waals surface area contributed by atoms with Crippen molar-refractivity contribution in [3.63, 3.8) is 0 Å². The SMILES string of the molecule is C[C@@H](CCCC1CN(c2cccc(C(=O)O)c2)c2cccc(F)c2O1)c1cccc2ccccc12. The van der Waals surface area contributed by atoms with Crippen LogP contribution in [0.2, 0.25) is 0 Å². The van der Waals surface area contributed by atoms with Crippen LogP contribution in [0.4, 0.5) is 15.8 Å².